The van der Waals surface area contributed by atoms with Crippen LogP contribution in [0.4, 0.5) is 5.69 Å². The summed E-state index contributed by atoms with van der Waals surface area (Å²) in [5, 5.41) is 3.51. The smallest absolute Gasteiger partial charge is 0.248 e. The predicted octanol–water partition coefficient (Wildman–Crippen LogP) is 4.00. The summed E-state index contributed by atoms with van der Waals surface area (Å²) in [7, 11) is 0. The number of nitrogens with zero attached hydrogens (tertiary/aromatic N) is 2. The summed E-state index contributed by atoms with van der Waals surface area (Å²) >= 11 is 1.47. The van der Waals surface area contributed by atoms with E-state index in [4.69, 9.17) is 5.73 Å². The molecule has 1 aromatic heterocycles. The van der Waals surface area contributed by atoms with E-state index >= 15 is 0 Å². The second-order valence-corrected chi connectivity index (χ2v) is 7.41. The molecule has 0 atom stereocenters. The first kappa shape index (κ1) is 20.3. The molecule has 0 radical (unpaired) electrons. The third-order valence-corrected chi connectivity index (χ3v) is 4.79. The Hall–Kier alpha value is -3.45. The van der Waals surface area contributed by atoms with Crippen LogP contribution in [0.1, 0.15) is 27.3 Å². The van der Waals surface area contributed by atoms with Gasteiger partial charge in [0.1, 0.15) is 0 Å². The Balaban J connectivity index is 1.58. The number of anilines is 1. The lowest BCUT2D eigenvalue weighted by molar-refractivity contribution is -0.111. The van der Waals surface area contributed by atoms with Crippen molar-refractivity contribution in [3.8, 4) is 0 Å². The summed E-state index contributed by atoms with van der Waals surface area (Å²) in [6.45, 7) is 3.88. The lowest BCUT2D eigenvalue weighted by atomic mass is 10.1. The second kappa shape index (κ2) is 9.16. The van der Waals surface area contributed by atoms with Crippen LogP contribution in [0.15, 0.2) is 70.7 Å². The van der Waals surface area contributed by atoms with Crippen LogP contribution in [0.3, 0.4) is 0 Å². The van der Waals surface area contributed by atoms with Gasteiger partial charge in [-0.1, -0.05) is 12.1 Å². The molecule has 0 bridgehead atoms. The molecule has 0 unspecified atom stereocenters. The van der Waals surface area contributed by atoms with Crippen molar-refractivity contribution in [2.75, 3.05) is 5.32 Å². The fourth-order valence-corrected chi connectivity index (χ4v) is 3.43. The predicted molar refractivity (Wildman–Crippen MR) is 115 cm³/mol. The first-order chi connectivity index (χ1) is 13.9. The van der Waals surface area contributed by atoms with Gasteiger partial charge in [-0.05, 0) is 79.7 Å². The molecule has 0 spiro atoms. The highest BCUT2D eigenvalue weighted by Gasteiger charge is 2.04. The highest BCUT2D eigenvalue weighted by molar-refractivity contribution is 7.99. The van der Waals surface area contributed by atoms with E-state index in [0.717, 1.165) is 21.8 Å². The largest absolute Gasteiger partial charge is 0.366 e. The van der Waals surface area contributed by atoms with Gasteiger partial charge in [-0.2, -0.15) is 0 Å². The van der Waals surface area contributed by atoms with Crippen molar-refractivity contribution in [1.29, 1.82) is 0 Å². The Morgan fingerprint density at radius 2 is 1.59 bits per heavy atom. The topological polar surface area (TPSA) is 98.0 Å². The van der Waals surface area contributed by atoms with Crippen molar-refractivity contribution in [2.45, 2.75) is 23.9 Å². The van der Waals surface area contributed by atoms with Gasteiger partial charge >= 0.3 is 0 Å². The molecule has 0 aliphatic heterocycles. The summed E-state index contributed by atoms with van der Waals surface area (Å²) in [5.74, 6) is -0.731. The number of hydrogen-bond donors (Lipinski definition) is 2. The van der Waals surface area contributed by atoms with Crippen molar-refractivity contribution < 1.29 is 9.59 Å². The maximum atomic E-state index is 12.1. The number of primary amides is 1. The van der Waals surface area contributed by atoms with Crippen LogP contribution in [0.25, 0.3) is 6.08 Å². The second-order valence-electron chi connectivity index (χ2n) is 6.37. The normalized spacial score (nSPS) is 10.8. The van der Waals surface area contributed by atoms with E-state index in [0.29, 0.717) is 16.4 Å². The molecule has 0 aliphatic carbocycles. The molecular formula is C22H20N4O2S. The first-order valence-electron chi connectivity index (χ1n) is 8.88. The van der Waals surface area contributed by atoms with Crippen molar-refractivity contribution in [2.24, 2.45) is 5.73 Å². The SMILES string of the molecule is Cc1cc(C)nc(Sc2ccc(NC(=O)/C=C\c3ccc(C(N)=O)cc3)cc2)n1. The van der Waals surface area contributed by atoms with Crippen LogP contribution in [-0.4, -0.2) is 21.8 Å². The van der Waals surface area contributed by atoms with Gasteiger partial charge in [0.2, 0.25) is 11.8 Å². The van der Waals surface area contributed by atoms with Gasteiger partial charge in [0.15, 0.2) is 5.16 Å². The minimum absolute atomic E-state index is 0.248. The summed E-state index contributed by atoms with van der Waals surface area (Å²) in [5.41, 5.74) is 8.98. The molecule has 3 aromatic rings. The van der Waals surface area contributed by atoms with Gasteiger partial charge in [-0.25, -0.2) is 9.97 Å². The quantitative estimate of drug-likeness (QED) is 0.478. The summed E-state index contributed by atoms with van der Waals surface area (Å²) in [6, 6.07) is 16.1. The summed E-state index contributed by atoms with van der Waals surface area (Å²) < 4.78 is 0. The van der Waals surface area contributed by atoms with Crippen LogP contribution >= 0.6 is 11.8 Å². The number of carbonyl (C=O) groups is 2. The monoisotopic (exact) mass is 404 g/mol. The molecule has 0 aliphatic rings. The highest BCUT2D eigenvalue weighted by atomic mass is 32.2. The fraction of sp³-hybridized carbons (Fsp3) is 0.0909. The third kappa shape index (κ3) is 6.02. The van der Waals surface area contributed by atoms with E-state index in [-0.39, 0.29) is 5.91 Å². The molecule has 0 fully saturated rings. The van der Waals surface area contributed by atoms with Crippen molar-refractivity contribution in [1.82, 2.24) is 9.97 Å². The lowest BCUT2D eigenvalue weighted by Crippen LogP contribution is -2.10. The Bertz CT molecular complexity index is 1040. The lowest BCUT2D eigenvalue weighted by Gasteiger charge is -2.05. The molecular weight excluding hydrogens is 384 g/mol. The molecule has 1 heterocycles. The molecule has 0 saturated heterocycles. The van der Waals surface area contributed by atoms with Gasteiger partial charge in [-0.15, -0.1) is 0 Å². The maximum absolute atomic E-state index is 12.1. The van der Waals surface area contributed by atoms with Crippen LogP contribution in [0, 0.1) is 13.8 Å². The number of nitrogens with two attached hydrogens (primary N) is 1. The van der Waals surface area contributed by atoms with Crippen LogP contribution in [-0.2, 0) is 4.79 Å². The van der Waals surface area contributed by atoms with Crippen LogP contribution in [0.2, 0.25) is 0 Å². The zero-order valence-electron chi connectivity index (χ0n) is 16.0. The zero-order valence-corrected chi connectivity index (χ0v) is 16.9. The number of benzene rings is 2. The Morgan fingerprint density at radius 3 is 2.17 bits per heavy atom. The zero-order chi connectivity index (χ0) is 20.8. The van der Waals surface area contributed by atoms with Gasteiger partial charge < -0.3 is 11.1 Å². The Morgan fingerprint density at radius 1 is 0.966 bits per heavy atom. The molecule has 2 aromatic carbocycles. The molecule has 3 rings (SSSR count). The molecule has 2 amide bonds. The van der Waals surface area contributed by atoms with Crippen LogP contribution in [0.5, 0.6) is 0 Å². The average molecular weight is 404 g/mol. The van der Waals surface area contributed by atoms with E-state index < -0.39 is 5.91 Å². The van der Waals surface area contributed by atoms with Crippen molar-refractivity contribution in [3.05, 3.63) is 83.2 Å². The fourth-order valence-electron chi connectivity index (χ4n) is 2.57. The first-order valence-corrected chi connectivity index (χ1v) is 9.70. The van der Waals surface area contributed by atoms with E-state index in [2.05, 4.69) is 15.3 Å². The van der Waals surface area contributed by atoms with Crippen molar-refractivity contribution >= 4 is 35.3 Å². The molecule has 6 nitrogen and oxygen atoms in total. The van der Waals surface area contributed by atoms with E-state index in [1.807, 2.05) is 44.2 Å². The van der Waals surface area contributed by atoms with Gasteiger partial charge in [0.25, 0.3) is 0 Å². The minimum atomic E-state index is -0.482. The number of hydrogen-bond acceptors (Lipinski definition) is 5. The third-order valence-electron chi connectivity index (χ3n) is 3.92. The van der Waals surface area contributed by atoms with E-state index in [1.54, 1.807) is 30.3 Å². The Labute approximate surface area is 173 Å². The molecule has 146 valence electrons. The maximum Gasteiger partial charge on any atom is 0.248 e. The van der Waals surface area contributed by atoms with Gasteiger partial charge in [-0.3, -0.25) is 9.59 Å². The summed E-state index contributed by atoms with van der Waals surface area (Å²) in [6.07, 6.45) is 3.10. The van der Waals surface area contributed by atoms with Crippen LogP contribution < -0.4 is 11.1 Å². The van der Waals surface area contributed by atoms with Gasteiger partial charge in [0, 0.05) is 33.6 Å². The number of aromatic nitrogens is 2. The molecule has 3 N–H and O–H groups in total. The highest BCUT2D eigenvalue weighted by Crippen LogP contribution is 2.26. The van der Waals surface area contributed by atoms with Crippen molar-refractivity contribution in [3.63, 3.8) is 0 Å². The van der Waals surface area contributed by atoms with Gasteiger partial charge in [0.05, 0.1) is 0 Å². The Kier molecular flexibility index (Phi) is 6.41. The van der Waals surface area contributed by atoms with E-state index in [1.165, 1.54) is 17.8 Å². The summed E-state index contributed by atoms with van der Waals surface area (Å²) in [4.78, 5) is 33.0. The average Bonchev–Trinajstić information content (AvgIpc) is 2.67. The molecule has 0 saturated carbocycles. The molecule has 29 heavy (non-hydrogen) atoms. The number of carbonyl (C=O) groups excluding carboxylic acids is 2. The standard InChI is InChI=1S/C22H20N4O2S/c1-14-13-15(2)25-22(24-14)29-19-10-8-18(9-11-19)26-20(27)12-5-16-3-6-17(7-4-16)21(23)28/h3-13H,1-2H3,(H2,23,28)(H,26,27)/b12-5-. The molecule has 7 heteroatoms. The number of rotatable bonds is 6. The number of amides is 2. The number of nitrogens with one attached hydrogen (secondary N) is 1. The number of aryl methyl sites for hydroxylation is 2. The minimum Gasteiger partial charge on any atom is -0.366 e. The van der Waals surface area contributed by atoms with E-state index in [9.17, 15) is 9.59 Å².